The Labute approximate surface area is 129 Å². The van der Waals surface area contributed by atoms with E-state index in [1.165, 1.54) is 0 Å². The number of carbonyl (C=O) groups is 2. The van der Waals surface area contributed by atoms with Crippen LogP contribution in [0.5, 0.6) is 0 Å². The number of carboxylic acid groups (broad SMARTS) is 1. The average Bonchev–Trinajstić information content (AvgIpc) is 2.46. The number of aromatic nitrogens is 3. The molecular weight excluding hydrogens is 312 g/mol. The summed E-state index contributed by atoms with van der Waals surface area (Å²) in [6, 6.07) is 0. The van der Waals surface area contributed by atoms with E-state index < -0.39 is 22.7 Å². The van der Waals surface area contributed by atoms with Crippen LogP contribution in [0.25, 0.3) is 0 Å². The number of aryl methyl sites for hydroxylation is 1. The molecule has 0 spiro atoms. The molecule has 0 saturated heterocycles. The Morgan fingerprint density at radius 3 is 2.77 bits per heavy atom. The van der Waals surface area contributed by atoms with Crippen LogP contribution in [0.3, 0.4) is 0 Å². The predicted octanol–water partition coefficient (Wildman–Crippen LogP) is -0.0831. The maximum absolute atomic E-state index is 12.2. The summed E-state index contributed by atoms with van der Waals surface area (Å²) >= 11 is 1.03. The first kappa shape index (κ1) is 16.1. The van der Waals surface area contributed by atoms with Crippen molar-refractivity contribution in [3.8, 4) is 0 Å². The third-order valence-electron chi connectivity index (χ3n) is 2.81. The van der Waals surface area contributed by atoms with Crippen LogP contribution in [-0.2, 0) is 20.7 Å². The fourth-order valence-corrected chi connectivity index (χ4v) is 2.68. The molecule has 0 saturated carbocycles. The Morgan fingerprint density at radius 1 is 1.41 bits per heavy atom. The predicted molar refractivity (Wildman–Crippen MR) is 77.0 cm³/mol. The highest BCUT2D eigenvalue weighted by molar-refractivity contribution is 8.01. The second kappa shape index (κ2) is 6.69. The van der Waals surface area contributed by atoms with Crippen molar-refractivity contribution in [2.75, 3.05) is 6.61 Å². The second-order valence-electron chi connectivity index (χ2n) is 4.43. The lowest BCUT2D eigenvalue weighted by molar-refractivity contribution is -0.141. The molecule has 1 aromatic rings. The molecule has 2 rings (SSSR count). The number of ether oxygens (including phenoxy) is 1. The van der Waals surface area contributed by atoms with Gasteiger partial charge >= 0.3 is 11.9 Å². The number of nitrogens with zero attached hydrogens (tertiary/aromatic N) is 4. The zero-order valence-electron chi connectivity index (χ0n) is 12.0. The normalized spacial score (nSPS) is 16.6. The zero-order valence-corrected chi connectivity index (χ0v) is 12.8. The smallest absolute Gasteiger partial charge is 0.325 e. The van der Waals surface area contributed by atoms with E-state index >= 15 is 0 Å². The molecule has 9 nitrogen and oxygen atoms in total. The van der Waals surface area contributed by atoms with Gasteiger partial charge in [-0.3, -0.25) is 14.4 Å². The molecule has 0 bridgehead atoms. The van der Waals surface area contributed by atoms with Gasteiger partial charge in [-0.1, -0.05) is 11.8 Å². The van der Waals surface area contributed by atoms with E-state index in [-0.39, 0.29) is 30.3 Å². The van der Waals surface area contributed by atoms with E-state index in [1.54, 1.807) is 13.8 Å². The van der Waals surface area contributed by atoms with E-state index in [9.17, 15) is 14.4 Å². The quantitative estimate of drug-likeness (QED) is 0.745. The van der Waals surface area contributed by atoms with E-state index in [2.05, 4.69) is 15.3 Å². The van der Waals surface area contributed by atoms with Crippen LogP contribution in [0.4, 0.5) is 0 Å². The molecule has 2 heterocycles. The van der Waals surface area contributed by atoms with Crippen LogP contribution in [0, 0.1) is 0 Å². The van der Waals surface area contributed by atoms with E-state index in [0.29, 0.717) is 5.71 Å². The number of carboxylic acids is 1. The maximum Gasteiger partial charge on any atom is 0.325 e. The molecule has 10 heteroatoms. The van der Waals surface area contributed by atoms with Gasteiger partial charge in [0.25, 0.3) is 5.56 Å². The SMILES string of the molecule is CCOC(=O)C1Sc2nnc(CCC(=O)O)c(=O)n2N=C1C. The summed E-state index contributed by atoms with van der Waals surface area (Å²) in [7, 11) is 0. The number of rotatable bonds is 5. The largest absolute Gasteiger partial charge is 0.481 e. The monoisotopic (exact) mass is 326 g/mol. The summed E-state index contributed by atoms with van der Waals surface area (Å²) in [6.45, 7) is 3.56. The lowest BCUT2D eigenvalue weighted by Gasteiger charge is -2.20. The van der Waals surface area contributed by atoms with Crippen molar-refractivity contribution in [3.63, 3.8) is 0 Å². The standard InChI is InChI=1S/C12H14N4O5S/c1-3-21-11(20)9-6(2)15-16-10(19)7(4-5-8(17)18)13-14-12(16)22-9/h9H,3-5H2,1-2H3,(H,17,18). The van der Waals surface area contributed by atoms with Crippen LogP contribution >= 0.6 is 11.8 Å². The molecule has 118 valence electrons. The molecule has 22 heavy (non-hydrogen) atoms. The fourth-order valence-electron chi connectivity index (χ4n) is 1.78. The number of thioether (sulfide) groups is 1. The molecular formula is C12H14N4O5S. The number of fused-ring (bicyclic) bond motifs is 1. The number of hydrogen-bond donors (Lipinski definition) is 1. The molecule has 1 unspecified atom stereocenters. The van der Waals surface area contributed by atoms with Crippen LogP contribution < -0.4 is 5.56 Å². The van der Waals surface area contributed by atoms with Gasteiger partial charge in [0.15, 0.2) is 0 Å². The van der Waals surface area contributed by atoms with Gasteiger partial charge in [0.2, 0.25) is 5.16 Å². The lowest BCUT2D eigenvalue weighted by atomic mass is 10.2. The van der Waals surface area contributed by atoms with E-state index in [1.807, 2.05) is 0 Å². The highest BCUT2D eigenvalue weighted by atomic mass is 32.2. The van der Waals surface area contributed by atoms with Gasteiger partial charge < -0.3 is 9.84 Å². The van der Waals surface area contributed by atoms with E-state index in [4.69, 9.17) is 9.84 Å². The number of hydrogen-bond acceptors (Lipinski definition) is 8. The third kappa shape index (κ3) is 3.32. The molecule has 1 atom stereocenters. The Hall–Kier alpha value is -2.23. The Balaban J connectivity index is 2.31. The highest BCUT2D eigenvalue weighted by Gasteiger charge is 2.31. The lowest BCUT2D eigenvalue weighted by Crippen LogP contribution is -2.36. The molecule has 1 aliphatic rings. The Kier molecular flexibility index (Phi) is 4.91. The zero-order chi connectivity index (χ0) is 16.3. The summed E-state index contributed by atoms with van der Waals surface area (Å²) in [4.78, 5) is 34.6. The molecule has 0 aromatic carbocycles. The fraction of sp³-hybridized carbons (Fsp3) is 0.500. The number of esters is 1. The van der Waals surface area contributed by atoms with Crippen LogP contribution in [0.1, 0.15) is 26.0 Å². The third-order valence-corrected chi connectivity index (χ3v) is 4.05. The summed E-state index contributed by atoms with van der Waals surface area (Å²) in [6.07, 6.45) is -0.244. The van der Waals surface area contributed by atoms with Gasteiger partial charge in [0, 0.05) is 6.42 Å². The summed E-state index contributed by atoms with van der Waals surface area (Å²) in [5.74, 6) is -1.48. The molecule has 0 radical (unpaired) electrons. The van der Waals surface area contributed by atoms with Crippen molar-refractivity contribution in [3.05, 3.63) is 16.0 Å². The summed E-state index contributed by atoms with van der Waals surface area (Å²) in [5.41, 5.74) is -0.0893. The number of carbonyl (C=O) groups excluding carboxylic acids is 1. The summed E-state index contributed by atoms with van der Waals surface area (Å²) < 4.78 is 5.99. The minimum atomic E-state index is -1.03. The van der Waals surface area contributed by atoms with Crippen LogP contribution in [0.2, 0.25) is 0 Å². The maximum atomic E-state index is 12.2. The first-order valence-corrected chi connectivity index (χ1v) is 7.41. The van der Waals surface area contributed by atoms with Gasteiger partial charge in [-0.05, 0) is 13.8 Å². The summed E-state index contributed by atoms with van der Waals surface area (Å²) in [5, 5.41) is 19.8. The first-order valence-electron chi connectivity index (χ1n) is 6.53. The molecule has 1 aliphatic heterocycles. The van der Waals surface area contributed by atoms with Crippen molar-refractivity contribution in [1.29, 1.82) is 0 Å². The minimum absolute atomic E-state index is 0.0258. The molecule has 1 aromatic heterocycles. The van der Waals surface area contributed by atoms with Gasteiger partial charge in [-0.15, -0.1) is 10.2 Å². The molecule has 0 amide bonds. The molecule has 0 aliphatic carbocycles. The van der Waals surface area contributed by atoms with Gasteiger partial charge in [-0.25, -0.2) is 0 Å². The Bertz CT molecular complexity index is 699. The molecule has 1 N–H and O–H groups in total. The van der Waals surface area contributed by atoms with Gasteiger partial charge in [-0.2, -0.15) is 9.78 Å². The average molecular weight is 326 g/mol. The second-order valence-corrected chi connectivity index (χ2v) is 5.50. The van der Waals surface area contributed by atoms with Crippen molar-refractivity contribution in [2.45, 2.75) is 37.1 Å². The van der Waals surface area contributed by atoms with Crippen LogP contribution in [0.15, 0.2) is 15.1 Å². The number of aliphatic carboxylic acids is 1. The minimum Gasteiger partial charge on any atom is -0.481 e. The van der Waals surface area contributed by atoms with Crippen molar-refractivity contribution in [2.24, 2.45) is 5.10 Å². The highest BCUT2D eigenvalue weighted by Crippen LogP contribution is 2.26. The van der Waals surface area contributed by atoms with Crippen LogP contribution in [-0.4, -0.2) is 49.5 Å². The van der Waals surface area contributed by atoms with Gasteiger partial charge in [0.1, 0.15) is 10.9 Å². The van der Waals surface area contributed by atoms with Crippen molar-refractivity contribution >= 4 is 29.4 Å². The van der Waals surface area contributed by atoms with E-state index in [0.717, 1.165) is 16.4 Å². The first-order chi connectivity index (χ1) is 10.4. The van der Waals surface area contributed by atoms with Crippen molar-refractivity contribution < 1.29 is 19.4 Å². The van der Waals surface area contributed by atoms with Crippen molar-refractivity contribution in [1.82, 2.24) is 14.9 Å². The Morgan fingerprint density at radius 2 is 2.14 bits per heavy atom. The topological polar surface area (TPSA) is 124 Å². The molecule has 0 fully saturated rings. The van der Waals surface area contributed by atoms with Gasteiger partial charge in [0.05, 0.1) is 18.7 Å².